The first-order chi connectivity index (χ1) is 9.38. The van der Waals surface area contributed by atoms with Gasteiger partial charge in [0.05, 0.1) is 5.69 Å². The molecule has 1 aromatic carbocycles. The molecule has 2 aromatic rings. The third kappa shape index (κ3) is 4.56. The molecule has 2 rings (SSSR count). The van der Waals surface area contributed by atoms with Crippen molar-refractivity contribution < 1.29 is 4.74 Å². The number of nitrogens with zero attached hydrogens (tertiary/aromatic N) is 1. The fourth-order valence-corrected chi connectivity index (χ4v) is 1.72. The predicted molar refractivity (Wildman–Crippen MR) is 78.0 cm³/mol. The number of nitrogens with one attached hydrogen (secondary N) is 1. The highest BCUT2D eigenvalue weighted by Crippen LogP contribution is 2.11. The van der Waals surface area contributed by atoms with E-state index >= 15 is 0 Å². The van der Waals surface area contributed by atoms with Crippen LogP contribution >= 0.6 is 0 Å². The maximum atomic E-state index is 5.66. The fraction of sp³-hybridized carbons (Fsp3) is 0.188. The quantitative estimate of drug-likeness (QED) is 0.860. The minimum atomic E-state index is 0.553. The molecule has 0 spiro atoms. The van der Waals surface area contributed by atoms with E-state index in [1.54, 1.807) is 6.20 Å². The van der Waals surface area contributed by atoms with Crippen molar-refractivity contribution in [1.82, 2.24) is 10.3 Å². The van der Waals surface area contributed by atoms with Crippen LogP contribution in [-0.2, 0) is 6.54 Å². The minimum absolute atomic E-state index is 0.553. The van der Waals surface area contributed by atoms with E-state index in [4.69, 9.17) is 4.74 Å². The third-order valence-corrected chi connectivity index (χ3v) is 2.60. The van der Waals surface area contributed by atoms with Gasteiger partial charge < -0.3 is 10.1 Å². The summed E-state index contributed by atoms with van der Waals surface area (Å²) in [6.07, 6.45) is 5.83. The summed E-state index contributed by atoms with van der Waals surface area (Å²) >= 11 is 0. The second-order valence-corrected chi connectivity index (χ2v) is 4.14. The van der Waals surface area contributed by atoms with Gasteiger partial charge >= 0.3 is 0 Å². The molecule has 0 atom stereocenters. The van der Waals surface area contributed by atoms with E-state index < -0.39 is 0 Å². The van der Waals surface area contributed by atoms with Gasteiger partial charge in [0.2, 0.25) is 0 Å². The van der Waals surface area contributed by atoms with Gasteiger partial charge in [-0.25, -0.2) is 0 Å². The summed E-state index contributed by atoms with van der Waals surface area (Å²) in [5.74, 6) is 0.845. The first-order valence-corrected chi connectivity index (χ1v) is 6.32. The molecular weight excluding hydrogens is 236 g/mol. The van der Waals surface area contributed by atoms with Crippen LogP contribution < -0.4 is 10.1 Å². The molecule has 0 bridgehead atoms. The van der Waals surface area contributed by atoms with Crippen molar-refractivity contribution in [2.75, 3.05) is 13.7 Å². The van der Waals surface area contributed by atoms with Crippen molar-refractivity contribution >= 4 is 6.08 Å². The average Bonchev–Trinajstić information content (AvgIpc) is 2.46. The lowest BCUT2D eigenvalue weighted by atomic mass is 10.2. The van der Waals surface area contributed by atoms with E-state index in [9.17, 15) is 0 Å². The van der Waals surface area contributed by atoms with Crippen molar-refractivity contribution in [1.29, 1.82) is 0 Å². The van der Waals surface area contributed by atoms with Gasteiger partial charge in [-0.3, -0.25) is 4.98 Å². The summed E-state index contributed by atoms with van der Waals surface area (Å²) in [4.78, 5) is 4.24. The number of rotatable bonds is 6. The van der Waals surface area contributed by atoms with Crippen molar-refractivity contribution in [2.24, 2.45) is 0 Å². The van der Waals surface area contributed by atoms with Gasteiger partial charge in [-0.2, -0.15) is 0 Å². The molecule has 3 nitrogen and oxygen atoms in total. The molecule has 0 amide bonds. The monoisotopic (exact) mass is 254 g/mol. The first-order valence-electron chi connectivity index (χ1n) is 6.32. The van der Waals surface area contributed by atoms with Crippen LogP contribution in [0.3, 0.4) is 0 Å². The summed E-state index contributed by atoms with van der Waals surface area (Å²) in [6, 6.07) is 14.0. The van der Waals surface area contributed by atoms with Crippen molar-refractivity contribution in [3.63, 3.8) is 0 Å². The molecule has 0 radical (unpaired) electrons. The smallest absolute Gasteiger partial charge is 0.123 e. The lowest BCUT2D eigenvalue weighted by molar-refractivity contribution is 0.362. The molecule has 0 saturated carbocycles. The van der Waals surface area contributed by atoms with E-state index in [0.29, 0.717) is 6.61 Å². The molecule has 1 N–H and O–H groups in total. The lowest BCUT2D eigenvalue weighted by Gasteiger charge is -2.05. The summed E-state index contributed by atoms with van der Waals surface area (Å²) in [6.45, 7) is 1.30. The Morgan fingerprint density at radius 2 is 2.05 bits per heavy atom. The van der Waals surface area contributed by atoms with Crippen LogP contribution in [0.4, 0.5) is 0 Å². The lowest BCUT2D eigenvalue weighted by Crippen LogP contribution is -2.07. The van der Waals surface area contributed by atoms with E-state index in [1.165, 1.54) is 5.56 Å². The van der Waals surface area contributed by atoms with Gasteiger partial charge in [0.25, 0.3) is 0 Å². The highest BCUT2D eigenvalue weighted by molar-refractivity contribution is 5.48. The molecule has 1 aromatic heterocycles. The fourth-order valence-electron chi connectivity index (χ4n) is 1.72. The van der Waals surface area contributed by atoms with Crippen LogP contribution in [-0.4, -0.2) is 18.6 Å². The van der Waals surface area contributed by atoms with E-state index in [1.807, 2.05) is 43.5 Å². The zero-order chi connectivity index (χ0) is 13.3. The van der Waals surface area contributed by atoms with E-state index in [2.05, 4.69) is 28.5 Å². The SMILES string of the molecule is CNCc1cc(OCC=Cc2ccccc2)ccn1. The predicted octanol–water partition coefficient (Wildman–Crippen LogP) is 2.89. The second-order valence-electron chi connectivity index (χ2n) is 4.14. The standard InChI is InChI=1S/C16H18N2O/c1-17-13-15-12-16(9-10-18-15)19-11-5-8-14-6-3-2-4-7-14/h2-10,12,17H,11,13H2,1H3. The van der Waals surface area contributed by atoms with Crippen molar-refractivity contribution in [2.45, 2.75) is 6.54 Å². The number of aromatic nitrogens is 1. The Morgan fingerprint density at radius 3 is 2.84 bits per heavy atom. The van der Waals surface area contributed by atoms with Crippen LogP contribution in [0.1, 0.15) is 11.3 Å². The van der Waals surface area contributed by atoms with Gasteiger partial charge in [0.1, 0.15) is 12.4 Å². The number of hydrogen-bond donors (Lipinski definition) is 1. The summed E-state index contributed by atoms with van der Waals surface area (Å²) in [5, 5.41) is 3.07. The number of benzene rings is 1. The molecule has 0 unspecified atom stereocenters. The first kappa shape index (κ1) is 13.3. The molecular formula is C16H18N2O. The highest BCUT2D eigenvalue weighted by Gasteiger charge is 1.96. The van der Waals surface area contributed by atoms with Gasteiger partial charge in [0, 0.05) is 18.8 Å². The molecule has 0 aliphatic rings. The number of hydrogen-bond acceptors (Lipinski definition) is 3. The van der Waals surface area contributed by atoms with E-state index in [0.717, 1.165) is 18.0 Å². The Balaban J connectivity index is 1.85. The van der Waals surface area contributed by atoms with Gasteiger partial charge in [0.15, 0.2) is 0 Å². The Kier molecular flexibility index (Phi) is 5.14. The summed E-state index contributed by atoms with van der Waals surface area (Å²) in [7, 11) is 1.90. The zero-order valence-corrected chi connectivity index (χ0v) is 11.0. The maximum absolute atomic E-state index is 5.66. The minimum Gasteiger partial charge on any atom is -0.489 e. The normalized spacial score (nSPS) is 10.8. The molecule has 1 heterocycles. The van der Waals surface area contributed by atoms with Crippen LogP contribution in [0.2, 0.25) is 0 Å². The molecule has 0 aliphatic heterocycles. The van der Waals surface area contributed by atoms with Gasteiger partial charge in [-0.05, 0) is 24.8 Å². The molecule has 0 saturated heterocycles. The van der Waals surface area contributed by atoms with Gasteiger partial charge in [-0.15, -0.1) is 0 Å². The largest absolute Gasteiger partial charge is 0.489 e. The Morgan fingerprint density at radius 1 is 1.21 bits per heavy atom. The van der Waals surface area contributed by atoms with Crippen molar-refractivity contribution in [3.05, 3.63) is 66.0 Å². The second kappa shape index (κ2) is 7.34. The topological polar surface area (TPSA) is 34.1 Å². The van der Waals surface area contributed by atoms with Crippen LogP contribution in [0, 0.1) is 0 Å². The van der Waals surface area contributed by atoms with E-state index in [-0.39, 0.29) is 0 Å². The summed E-state index contributed by atoms with van der Waals surface area (Å²) < 4.78 is 5.66. The highest BCUT2D eigenvalue weighted by atomic mass is 16.5. The zero-order valence-electron chi connectivity index (χ0n) is 11.0. The van der Waals surface area contributed by atoms with Crippen LogP contribution in [0.5, 0.6) is 5.75 Å². The molecule has 19 heavy (non-hydrogen) atoms. The van der Waals surface area contributed by atoms with Crippen molar-refractivity contribution in [3.8, 4) is 5.75 Å². The molecule has 98 valence electrons. The Hall–Kier alpha value is -2.13. The summed E-state index contributed by atoms with van der Waals surface area (Å²) in [5.41, 5.74) is 2.16. The number of pyridine rings is 1. The molecule has 0 fully saturated rings. The maximum Gasteiger partial charge on any atom is 0.123 e. The number of ether oxygens (including phenoxy) is 1. The Labute approximate surface area is 114 Å². The molecule has 0 aliphatic carbocycles. The Bertz CT molecular complexity index is 523. The van der Waals surface area contributed by atoms with Crippen LogP contribution in [0.15, 0.2) is 54.7 Å². The van der Waals surface area contributed by atoms with Crippen LogP contribution in [0.25, 0.3) is 6.08 Å². The third-order valence-electron chi connectivity index (χ3n) is 2.60. The van der Waals surface area contributed by atoms with Gasteiger partial charge in [-0.1, -0.05) is 36.4 Å². The average molecular weight is 254 g/mol. The molecule has 3 heteroatoms.